The zero-order chi connectivity index (χ0) is 24.2. The predicted molar refractivity (Wildman–Crippen MR) is 142 cm³/mol. The molecule has 1 amide bonds. The molecule has 3 aromatic rings. The van der Waals surface area contributed by atoms with Gasteiger partial charge in [0.25, 0.3) is 0 Å². The minimum absolute atomic E-state index is 0.574. The Morgan fingerprint density at radius 3 is 2.76 bits per heavy atom. The van der Waals surface area contributed by atoms with Crippen molar-refractivity contribution in [1.29, 1.82) is 0 Å². The minimum atomic E-state index is 0.574. The first-order valence-corrected chi connectivity index (χ1v) is 12.7. The number of hydrogen-bond donors (Lipinski definition) is 3. The molecule has 5 rings (SSSR count). The Kier molecular flexibility index (Phi) is 7.80. The summed E-state index contributed by atoms with van der Waals surface area (Å²) in [6, 6.07) is 4.21. The molecule has 8 nitrogen and oxygen atoms in total. The van der Waals surface area contributed by atoms with E-state index in [1.54, 1.807) is 30.8 Å². The number of hydrogen-bond acceptors (Lipinski definition) is 9. The van der Waals surface area contributed by atoms with Gasteiger partial charge < -0.3 is 25.6 Å². The van der Waals surface area contributed by atoms with E-state index in [0.29, 0.717) is 22.4 Å². The molecule has 182 valence electrons. The second-order valence-corrected chi connectivity index (χ2v) is 10.4. The Balaban J connectivity index is 0.000000231. The van der Waals surface area contributed by atoms with Crippen LogP contribution in [0.25, 0.3) is 10.2 Å². The number of nitrogen functional groups attached to an aromatic ring is 1. The van der Waals surface area contributed by atoms with E-state index in [9.17, 15) is 4.79 Å². The van der Waals surface area contributed by atoms with Crippen LogP contribution < -0.4 is 15.8 Å². The van der Waals surface area contributed by atoms with Crippen molar-refractivity contribution in [3.63, 3.8) is 0 Å². The van der Waals surface area contributed by atoms with Gasteiger partial charge in [-0.1, -0.05) is 0 Å². The molecule has 0 bridgehead atoms. The number of benzene rings is 1. The number of aryl methyl sites for hydroxylation is 2. The minimum Gasteiger partial charge on any atom is -0.494 e. The normalized spacial score (nSPS) is 17.3. The fraction of sp³-hybridized carbons (Fsp3) is 0.458. The zero-order valence-electron chi connectivity index (χ0n) is 19.9. The number of fused-ring (bicyclic) bond motifs is 3. The predicted octanol–water partition coefficient (Wildman–Crippen LogP) is 3.97. The average Bonchev–Trinajstić information content (AvgIpc) is 3.47. The highest BCUT2D eigenvalue weighted by Crippen LogP contribution is 2.40. The van der Waals surface area contributed by atoms with Gasteiger partial charge in [0.15, 0.2) is 0 Å². The number of thiophene rings is 1. The summed E-state index contributed by atoms with van der Waals surface area (Å²) in [6.07, 6.45) is 8.37. The molecular formula is C24H32N6O2S2. The number of thiol groups is 1. The summed E-state index contributed by atoms with van der Waals surface area (Å²) in [5, 5.41) is 4.53. The third-order valence-corrected chi connectivity index (χ3v) is 8.01. The Bertz CT molecular complexity index is 1170. The van der Waals surface area contributed by atoms with Gasteiger partial charge in [-0.05, 0) is 57.8 Å². The summed E-state index contributed by atoms with van der Waals surface area (Å²) in [5.74, 6) is 1.48. The number of nitrogens with two attached hydrogens (primary N) is 1. The lowest BCUT2D eigenvalue weighted by Crippen LogP contribution is -2.30. The molecule has 1 aliphatic heterocycles. The molecule has 0 unspecified atom stereocenters. The van der Waals surface area contributed by atoms with Crippen LogP contribution in [0.1, 0.15) is 29.7 Å². The highest BCUT2D eigenvalue weighted by molar-refractivity contribution is 7.80. The maximum atomic E-state index is 10.3. The molecule has 1 aliphatic carbocycles. The summed E-state index contributed by atoms with van der Waals surface area (Å²) in [4.78, 5) is 26.4. The van der Waals surface area contributed by atoms with Crippen LogP contribution in [0, 0.1) is 0 Å². The molecule has 3 N–H and O–H groups in total. The third kappa shape index (κ3) is 5.24. The molecule has 0 spiro atoms. The maximum Gasteiger partial charge on any atom is 0.209 e. The van der Waals surface area contributed by atoms with Crippen LogP contribution in [0.4, 0.5) is 17.2 Å². The first kappa shape index (κ1) is 24.6. The molecule has 10 heteroatoms. The highest BCUT2D eigenvalue weighted by Gasteiger charge is 2.22. The number of aromatic nitrogens is 2. The Labute approximate surface area is 209 Å². The molecular weight excluding hydrogens is 468 g/mol. The maximum absolute atomic E-state index is 10.3. The first-order chi connectivity index (χ1) is 16.4. The van der Waals surface area contributed by atoms with Gasteiger partial charge in [-0.15, -0.1) is 24.0 Å². The molecule has 1 aromatic carbocycles. The molecule has 1 saturated heterocycles. The molecule has 0 saturated carbocycles. The van der Waals surface area contributed by atoms with Crippen molar-refractivity contribution < 1.29 is 9.53 Å². The Morgan fingerprint density at radius 2 is 2.09 bits per heavy atom. The second kappa shape index (κ2) is 10.8. The van der Waals surface area contributed by atoms with Crippen LogP contribution in [0.5, 0.6) is 5.75 Å². The van der Waals surface area contributed by atoms with Gasteiger partial charge in [-0.25, -0.2) is 9.97 Å². The molecule has 34 heavy (non-hydrogen) atoms. The van der Waals surface area contributed by atoms with Crippen LogP contribution in [0.15, 0.2) is 23.4 Å². The number of nitrogens with zero attached hydrogens (tertiary/aromatic N) is 4. The van der Waals surface area contributed by atoms with Gasteiger partial charge in [-0.2, -0.15) is 0 Å². The zero-order valence-corrected chi connectivity index (χ0v) is 21.6. The number of anilines is 3. The third-order valence-electron chi connectivity index (χ3n) is 6.43. The van der Waals surface area contributed by atoms with Crippen molar-refractivity contribution in [3.05, 3.63) is 28.9 Å². The second-order valence-electron chi connectivity index (χ2n) is 8.86. The number of likely N-dealkylation sites (N-methyl/N-ethyl adjacent to an activating group) is 1. The standard InChI is InChI=1S/C17H18N4OS2.C7H14N2O/c1-22-12-6-10(18)13(23)7-11(12)21-16-15-9-4-2-3-5-14(9)24-17(15)20-8-19-16;1-8(2)7-3-4-9(5-7)6-10/h6-8,23H,2-5,18H2,1H3,(H,19,20,21);6-7H,3-5H2,1-2H3/t;7-/m.1/s1. The molecule has 0 radical (unpaired) electrons. The van der Waals surface area contributed by atoms with E-state index >= 15 is 0 Å². The van der Waals surface area contributed by atoms with E-state index in [4.69, 9.17) is 10.5 Å². The van der Waals surface area contributed by atoms with E-state index in [1.165, 1.54) is 23.3 Å². The van der Waals surface area contributed by atoms with Crippen LogP contribution in [-0.2, 0) is 17.6 Å². The van der Waals surface area contributed by atoms with Gasteiger partial charge in [0.2, 0.25) is 6.41 Å². The summed E-state index contributed by atoms with van der Waals surface area (Å²) in [6.45, 7) is 1.82. The summed E-state index contributed by atoms with van der Waals surface area (Å²) >= 11 is 6.19. The monoisotopic (exact) mass is 500 g/mol. The van der Waals surface area contributed by atoms with Crippen LogP contribution in [0.2, 0.25) is 0 Å². The molecule has 2 aliphatic rings. The fourth-order valence-electron chi connectivity index (χ4n) is 4.45. The number of amides is 1. The topological polar surface area (TPSA) is 96.6 Å². The van der Waals surface area contributed by atoms with E-state index in [0.717, 1.165) is 60.5 Å². The quantitative estimate of drug-likeness (QED) is 0.277. The summed E-state index contributed by atoms with van der Waals surface area (Å²) < 4.78 is 5.44. The van der Waals surface area contributed by atoms with Crippen molar-refractivity contribution in [3.8, 4) is 5.75 Å². The number of methoxy groups -OCH3 is 1. The lowest BCUT2D eigenvalue weighted by Gasteiger charge is -2.17. The number of carbonyl (C=O) groups is 1. The van der Waals surface area contributed by atoms with Crippen molar-refractivity contribution in [2.45, 2.75) is 43.0 Å². The Hall–Kier alpha value is -2.56. The van der Waals surface area contributed by atoms with Crippen LogP contribution in [-0.4, -0.2) is 66.5 Å². The van der Waals surface area contributed by atoms with E-state index in [-0.39, 0.29) is 0 Å². The lowest BCUT2D eigenvalue weighted by molar-refractivity contribution is -0.117. The van der Waals surface area contributed by atoms with Crippen molar-refractivity contribution in [2.24, 2.45) is 0 Å². The average molecular weight is 501 g/mol. The van der Waals surface area contributed by atoms with Crippen molar-refractivity contribution >= 4 is 57.8 Å². The molecule has 1 fully saturated rings. The number of ether oxygens (including phenoxy) is 1. The molecule has 2 aromatic heterocycles. The summed E-state index contributed by atoms with van der Waals surface area (Å²) in [5.41, 5.74) is 8.69. The first-order valence-electron chi connectivity index (χ1n) is 11.5. The smallest absolute Gasteiger partial charge is 0.209 e. The largest absolute Gasteiger partial charge is 0.494 e. The van der Waals surface area contributed by atoms with Gasteiger partial charge >= 0.3 is 0 Å². The van der Waals surface area contributed by atoms with Gasteiger partial charge in [0.1, 0.15) is 22.7 Å². The van der Waals surface area contributed by atoms with E-state index in [2.05, 4.69) is 46.9 Å². The van der Waals surface area contributed by atoms with Gasteiger partial charge in [-0.3, -0.25) is 4.79 Å². The van der Waals surface area contributed by atoms with Crippen LogP contribution >= 0.6 is 24.0 Å². The molecule has 1 atom stereocenters. The Morgan fingerprint density at radius 1 is 1.29 bits per heavy atom. The number of rotatable bonds is 5. The van der Waals surface area contributed by atoms with E-state index in [1.807, 2.05) is 11.0 Å². The van der Waals surface area contributed by atoms with Crippen molar-refractivity contribution in [1.82, 2.24) is 19.8 Å². The lowest BCUT2D eigenvalue weighted by atomic mass is 9.97. The SMILES string of the molecule is CN(C)[C@@H]1CCN(C=O)C1.COc1cc(N)c(S)cc1Nc1ncnc2sc3c(c12)CCCC3. The molecule has 3 heterocycles. The number of carbonyl (C=O) groups excluding carboxylic acids is 1. The van der Waals surface area contributed by atoms with Gasteiger partial charge in [0, 0.05) is 40.7 Å². The fourth-order valence-corrected chi connectivity index (χ4v) is 5.87. The number of likely N-dealkylation sites (tertiary alicyclic amines) is 1. The van der Waals surface area contributed by atoms with E-state index < -0.39 is 0 Å². The summed E-state index contributed by atoms with van der Waals surface area (Å²) in [7, 11) is 5.73. The highest BCUT2D eigenvalue weighted by atomic mass is 32.1. The van der Waals surface area contributed by atoms with Crippen molar-refractivity contribution in [2.75, 3.05) is 45.3 Å². The van der Waals surface area contributed by atoms with Crippen LogP contribution in [0.3, 0.4) is 0 Å². The van der Waals surface area contributed by atoms with Gasteiger partial charge in [0.05, 0.1) is 18.2 Å². The number of nitrogens with one attached hydrogen (secondary N) is 1.